The molecule has 1 aliphatic carbocycles. The van der Waals surface area contributed by atoms with Crippen molar-refractivity contribution in [2.24, 2.45) is 11.8 Å². The maximum atomic E-state index is 10.3. The van der Waals surface area contributed by atoms with Gasteiger partial charge in [-0.3, -0.25) is 0 Å². The van der Waals surface area contributed by atoms with Crippen LogP contribution in [0.2, 0.25) is 0 Å². The first-order valence-electron chi connectivity index (χ1n) is 8.04. The maximum Gasteiger partial charge on any atom is 0.187 e. The number of ether oxygens (including phenoxy) is 2. The van der Waals surface area contributed by atoms with Gasteiger partial charge in [0.05, 0.1) is 12.2 Å². The normalized spacial score (nSPS) is 48.0. The van der Waals surface area contributed by atoms with E-state index in [0.29, 0.717) is 12.3 Å². The number of allylic oxidation sites excluding steroid dienone is 1. The summed E-state index contributed by atoms with van der Waals surface area (Å²) in [7, 11) is 0. The van der Waals surface area contributed by atoms with Crippen LogP contribution in [0.5, 0.6) is 0 Å². The monoisotopic (exact) mass is 332 g/mol. The lowest BCUT2D eigenvalue weighted by atomic mass is 9.77. The summed E-state index contributed by atoms with van der Waals surface area (Å²) in [5.41, 5.74) is -1.00. The summed E-state index contributed by atoms with van der Waals surface area (Å²) in [6.07, 6.45) is -3.41. The van der Waals surface area contributed by atoms with Crippen molar-refractivity contribution in [2.45, 2.75) is 69.6 Å². The van der Waals surface area contributed by atoms with Gasteiger partial charge in [0.25, 0.3) is 0 Å². The molecule has 1 aliphatic heterocycles. The molecule has 1 saturated heterocycles. The lowest BCUT2D eigenvalue weighted by Gasteiger charge is -2.46. The number of rotatable bonds is 4. The Morgan fingerprint density at radius 1 is 1.13 bits per heavy atom. The second kappa shape index (κ2) is 7.14. The molecule has 0 aromatic carbocycles. The van der Waals surface area contributed by atoms with Gasteiger partial charge in [0.2, 0.25) is 0 Å². The molecule has 7 heteroatoms. The maximum absolute atomic E-state index is 10.3. The first kappa shape index (κ1) is 18.8. The number of aliphatic hydroxyl groups excluding tert-OH is 5. The van der Waals surface area contributed by atoms with E-state index in [2.05, 4.69) is 13.8 Å². The SMILES string of the molecule is CC(C)[C@@H]1C=C[C@H](O)[C@](C)(O[C@@H]2O[C@H](CO)[C@@H](O)[C@H](O)[C@H]2O)C1. The molecule has 8 atom stereocenters. The zero-order valence-electron chi connectivity index (χ0n) is 13.7. The summed E-state index contributed by atoms with van der Waals surface area (Å²) in [4.78, 5) is 0. The molecule has 5 N–H and O–H groups in total. The summed E-state index contributed by atoms with van der Waals surface area (Å²) < 4.78 is 11.2. The van der Waals surface area contributed by atoms with Crippen LogP contribution in [0.3, 0.4) is 0 Å². The van der Waals surface area contributed by atoms with Crippen LogP contribution in [0.15, 0.2) is 12.2 Å². The van der Waals surface area contributed by atoms with Crippen molar-refractivity contribution in [3.63, 3.8) is 0 Å². The molecular formula is C16H28O7. The third kappa shape index (κ3) is 3.76. The summed E-state index contributed by atoms with van der Waals surface area (Å²) >= 11 is 0. The molecule has 2 aliphatic rings. The molecule has 0 bridgehead atoms. The Morgan fingerprint density at radius 3 is 2.35 bits per heavy atom. The van der Waals surface area contributed by atoms with Gasteiger partial charge in [-0.1, -0.05) is 26.0 Å². The van der Waals surface area contributed by atoms with E-state index in [1.54, 1.807) is 13.0 Å². The Bertz CT molecular complexity index is 425. The molecular weight excluding hydrogens is 304 g/mol. The summed E-state index contributed by atoms with van der Waals surface area (Å²) in [5, 5.41) is 49.2. The summed E-state index contributed by atoms with van der Waals surface area (Å²) in [6.45, 7) is 5.35. The van der Waals surface area contributed by atoms with Gasteiger partial charge in [0.1, 0.15) is 30.5 Å². The lowest BCUT2D eigenvalue weighted by molar-refractivity contribution is -0.334. The molecule has 0 saturated carbocycles. The van der Waals surface area contributed by atoms with Crippen molar-refractivity contribution >= 4 is 0 Å². The minimum atomic E-state index is -1.49. The minimum Gasteiger partial charge on any atom is -0.394 e. The Morgan fingerprint density at radius 2 is 1.78 bits per heavy atom. The smallest absolute Gasteiger partial charge is 0.187 e. The molecule has 1 heterocycles. The fraction of sp³-hybridized carbons (Fsp3) is 0.875. The van der Waals surface area contributed by atoms with Crippen molar-refractivity contribution in [3.05, 3.63) is 12.2 Å². The topological polar surface area (TPSA) is 120 Å². The highest BCUT2D eigenvalue weighted by Gasteiger charge is 2.48. The Balaban J connectivity index is 2.14. The second-order valence-corrected chi connectivity index (χ2v) is 7.07. The van der Waals surface area contributed by atoms with Gasteiger partial charge >= 0.3 is 0 Å². The van der Waals surface area contributed by atoms with Gasteiger partial charge in [0.15, 0.2) is 6.29 Å². The third-order valence-corrected chi connectivity index (χ3v) is 4.90. The Labute approximate surface area is 136 Å². The van der Waals surface area contributed by atoms with Crippen LogP contribution in [0, 0.1) is 11.8 Å². The van der Waals surface area contributed by atoms with E-state index in [0.717, 1.165) is 0 Å². The summed E-state index contributed by atoms with van der Waals surface area (Å²) in [5.74, 6) is 0.560. The average molecular weight is 332 g/mol. The second-order valence-electron chi connectivity index (χ2n) is 7.07. The Hall–Kier alpha value is -0.540. The van der Waals surface area contributed by atoms with Gasteiger partial charge in [-0.25, -0.2) is 0 Å². The first-order valence-corrected chi connectivity index (χ1v) is 8.04. The largest absolute Gasteiger partial charge is 0.394 e. The van der Waals surface area contributed by atoms with E-state index in [1.165, 1.54) is 0 Å². The zero-order chi connectivity index (χ0) is 17.4. The van der Waals surface area contributed by atoms with Crippen LogP contribution in [0.25, 0.3) is 0 Å². The van der Waals surface area contributed by atoms with E-state index in [4.69, 9.17) is 9.47 Å². The molecule has 0 spiro atoms. The molecule has 1 fully saturated rings. The van der Waals surface area contributed by atoms with E-state index in [-0.39, 0.29) is 5.92 Å². The van der Waals surface area contributed by atoms with E-state index < -0.39 is 49.0 Å². The van der Waals surface area contributed by atoms with Gasteiger partial charge in [-0.2, -0.15) is 0 Å². The van der Waals surface area contributed by atoms with Gasteiger partial charge in [-0.15, -0.1) is 0 Å². The molecule has 134 valence electrons. The van der Waals surface area contributed by atoms with Crippen LogP contribution >= 0.6 is 0 Å². The molecule has 0 amide bonds. The van der Waals surface area contributed by atoms with Crippen molar-refractivity contribution in [1.82, 2.24) is 0 Å². The summed E-state index contributed by atoms with van der Waals surface area (Å²) in [6, 6.07) is 0. The van der Waals surface area contributed by atoms with Crippen LogP contribution in [0.1, 0.15) is 27.2 Å². The molecule has 0 aromatic heterocycles. The minimum absolute atomic E-state index is 0.202. The fourth-order valence-corrected chi connectivity index (χ4v) is 3.11. The average Bonchev–Trinajstić information content (AvgIpc) is 2.50. The number of hydrogen-bond acceptors (Lipinski definition) is 7. The highest BCUT2D eigenvalue weighted by atomic mass is 16.7. The number of aliphatic hydroxyl groups is 5. The van der Waals surface area contributed by atoms with Crippen LogP contribution in [-0.2, 0) is 9.47 Å². The van der Waals surface area contributed by atoms with E-state index >= 15 is 0 Å². The van der Waals surface area contributed by atoms with E-state index in [1.807, 2.05) is 6.08 Å². The van der Waals surface area contributed by atoms with Crippen molar-refractivity contribution in [2.75, 3.05) is 6.61 Å². The predicted octanol–water partition coefficient (Wildman–Crippen LogP) is -0.845. The van der Waals surface area contributed by atoms with Gasteiger partial charge in [0, 0.05) is 0 Å². The van der Waals surface area contributed by atoms with Gasteiger partial charge in [-0.05, 0) is 25.2 Å². The molecule has 0 aromatic rings. The highest BCUT2D eigenvalue weighted by molar-refractivity contribution is 5.10. The fourth-order valence-electron chi connectivity index (χ4n) is 3.11. The Kier molecular flexibility index (Phi) is 5.84. The quantitative estimate of drug-likeness (QED) is 0.426. The van der Waals surface area contributed by atoms with Crippen molar-refractivity contribution in [3.8, 4) is 0 Å². The van der Waals surface area contributed by atoms with Crippen LogP contribution < -0.4 is 0 Å². The number of hydrogen-bond donors (Lipinski definition) is 5. The molecule has 2 rings (SSSR count). The first-order chi connectivity index (χ1) is 10.7. The molecule has 7 nitrogen and oxygen atoms in total. The van der Waals surface area contributed by atoms with E-state index in [9.17, 15) is 25.5 Å². The molecule has 23 heavy (non-hydrogen) atoms. The van der Waals surface area contributed by atoms with Crippen molar-refractivity contribution in [1.29, 1.82) is 0 Å². The van der Waals surface area contributed by atoms with Crippen LogP contribution in [0.4, 0.5) is 0 Å². The predicted molar refractivity (Wildman–Crippen MR) is 81.3 cm³/mol. The lowest BCUT2D eigenvalue weighted by Crippen LogP contribution is -2.62. The highest BCUT2D eigenvalue weighted by Crippen LogP contribution is 2.37. The standard InChI is InChI=1S/C16H28O7/c1-8(2)9-4-5-11(18)16(3,6-9)23-15-14(21)13(20)12(19)10(7-17)22-15/h4-5,8-15,17-21H,6-7H2,1-3H3/t9-,10-,11+,12-,13+,14-,15+,16-/m1/s1. The van der Waals surface area contributed by atoms with Crippen molar-refractivity contribution < 1.29 is 35.0 Å². The van der Waals surface area contributed by atoms with Gasteiger partial charge < -0.3 is 35.0 Å². The molecule has 0 unspecified atom stereocenters. The van der Waals surface area contributed by atoms with Crippen LogP contribution in [-0.4, -0.2) is 74.6 Å². The zero-order valence-corrected chi connectivity index (χ0v) is 13.7. The third-order valence-electron chi connectivity index (χ3n) is 4.90. The molecule has 0 radical (unpaired) electrons.